The summed E-state index contributed by atoms with van der Waals surface area (Å²) >= 11 is 3.09. The van der Waals surface area contributed by atoms with Gasteiger partial charge in [0.15, 0.2) is 0 Å². The fourth-order valence-corrected chi connectivity index (χ4v) is 0.719. The first kappa shape index (κ1) is 8.94. The summed E-state index contributed by atoms with van der Waals surface area (Å²) in [5, 5.41) is 3.59. The van der Waals surface area contributed by atoms with Crippen LogP contribution in [-0.4, -0.2) is 5.16 Å². The van der Waals surface area contributed by atoms with Crippen molar-refractivity contribution in [1.29, 1.82) is 0 Å². The second-order valence-corrected chi connectivity index (χ2v) is 2.11. The van der Waals surface area contributed by atoms with Crippen LogP contribution in [0.5, 0.6) is 0 Å². The number of nitrogens with two attached hydrogens (primary N) is 1. The Balaban J connectivity index is 0.000000640. The van der Waals surface area contributed by atoms with Gasteiger partial charge in [0.1, 0.15) is 0 Å². The van der Waals surface area contributed by atoms with Crippen LogP contribution in [0.1, 0.15) is 5.69 Å². The van der Waals surface area contributed by atoms with Gasteiger partial charge in [0.2, 0.25) is 4.67 Å². The Morgan fingerprint density at radius 1 is 1.78 bits per heavy atom. The average molecular weight is 213 g/mol. The van der Waals surface area contributed by atoms with E-state index in [0.29, 0.717) is 11.2 Å². The topological polar surface area (TPSA) is 52.0 Å². The lowest BCUT2D eigenvalue weighted by Crippen LogP contribution is -1.94. The van der Waals surface area contributed by atoms with Crippen LogP contribution < -0.4 is 5.73 Å². The summed E-state index contributed by atoms with van der Waals surface area (Å²) < 4.78 is 5.27. The fourth-order valence-electron chi connectivity index (χ4n) is 0.382. The molecular weight excluding hydrogens is 207 g/mol. The van der Waals surface area contributed by atoms with Gasteiger partial charge in [0.05, 0.1) is 5.69 Å². The Hall–Kier alpha value is -0.0600. The van der Waals surface area contributed by atoms with E-state index in [-0.39, 0.29) is 12.4 Å². The molecule has 1 heterocycles. The van der Waals surface area contributed by atoms with Gasteiger partial charge in [0, 0.05) is 12.6 Å². The van der Waals surface area contributed by atoms with E-state index >= 15 is 0 Å². The Kier molecular flexibility index (Phi) is 3.84. The molecule has 9 heavy (non-hydrogen) atoms. The van der Waals surface area contributed by atoms with E-state index in [9.17, 15) is 0 Å². The molecule has 1 aromatic heterocycles. The Bertz CT molecular complexity index is 179. The molecule has 0 bridgehead atoms. The van der Waals surface area contributed by atoms with E-state index < -0.39 is 0 Å². The summed E-state index contributed by atoms with van der Waals surface area (Å²) in [6, 6.07) is 1.74. The first-order chi connectivity index (χ1) is 3.83. The van der Waals surface area contributed by atoms with E-state index in [1.165, 1.54) is 0 Å². The summed E-state index contributed by atoms with van der Waals surface area (Å²) in [7, 11) is 0. The Labute approximate surface area is 67.1 Å². The predicted molar refractivity (Wildman–Crippen MR) is 39.3 cm³/mol. The SMILES string of the molecule is Cl.NCc1cc(Br)on1. The van der Waals surface area contributed by atoms with Crippen molar-refractivity contribution in [2.45, 2.75) is 6.54 Å². The van der Waals surface area contributed by atoms with Gasteiger partial charge in [-0.2, -0.15) is 0 Å². The van der Waals surface area contributed by atoms with Gasteiger partial charge in [0.25, 0.3) is 0 Å². The number of hydrogen-bond acceptors (Lipinski definition) is 3. The number of rotatable bonds is 1. The van der Waals surface area contributed by atoms with Crippen molar-refractivity contribution in [2.75, 3.05) is 0 Å². The van der Waals surface area contributed by atoms with Gasteiger partial charge in [-0.15, -0.1) is 12.4 Å². The highest BCUT2D eigenvalue weighted by molar-refractivity contribution is 9.10. The average Bonchev–Trinajstić information content (AvgIpc) is 2.14. The van der Waals surface area contributed by atoms with Crippen molar-refractivity contribution in [3.05, 3.63) is 16.4 Å². The molecule has 3 nitrogen and oxygen atoms in total. The zero-order chi connectivity index (χ0) is 5.98. The number of halogens is 2. The van der Waals surface area contributed by atoms with Gasteiger partial charge in [-0.05, 0) is 15.9 Å². The highest BCUT2D eigenvalue weighted by Crippen LogP contribution is 2.09. The number of hydrogen-bond donors (Lipinski definition) is 1. The van der Waals surface area contributed by atoms with Crippen LogP contribution in [0.25, 0.3) is 0 Å². The van der Waals surface area contributed by atoms with Crippen molar-refractivity contribution in [3.8, 4) is 0 Å². The normalized spacial score (nSPS) is 8.67. The molecule has 5 heteroatoms. The Morgan fingerprint density at radius 3 is 2.67 bits per heavy atom. The molecule has 0 saturated carbocycles. The third kappa shape index (κ3) is 2.34. The molecule has 0 aliphatic heterocycles. The van der Waals surface area contributed by atoms with E-state index in [0.717, 1.165) is 5.69 Å². The van der Waals surface area contributed by atoms with Crippen LogP contribution >= 0.6 is 28.3 Å². The third-order valence-corrected chi connectivity index (χ3v) is 1.11. The number of nitrogens with zero attached hydrogens (tertiary/aromatic N) is 1. The quantitative estimate of drug-likeness (QED) is 0.765. The van der Waals surface area contributed by atoms with Crippen molar-refractivity contribution in [1.82, 2.24) is 5.16 Å². The molecule has 0 atom stereocenters. The summed E-state index contributed by atoms with van der Waals surface area (Å²) in [5.74, 6) is 0. The largest absolute Gasteiger partial charge is 0.349 e. The smallest absolute Gasteiger partial charge is 0.202 e. The van der Waals surface area contributed by atoms with E-state index in [1.54, 1.807) is 6.07 Å². The van der Waals surface area contributed by atoms with Gasteiger partial charge in [-0.1, -0.05) is 5.16 Å². The minimum Gasteiger partial charge on any atom is -0.349 e. The van der Waals surface area contributed by atoms with Crippen molar-refractivity contribution >= 4 is 28.3 Å². The molecule has 0 saturated heterocycles. The van der Waals surface area contributed by atoms with Gasteiger partial charge >= 0.3 is 0 Å². The fraction of sp³-hybridized carbons (Fsp3) is 0.250. The summed E-state index contributed by atoms with van der Waals surface area (Å²) in [6.07, 6.45) is 0. The zero-order valence-electron chi connectivity index (χ0n) is 4.50. The summed E-state index contributed by atoms with van der Waals surface area (Å²) in [6.45, 7) is 0.426. The zero-order valence-corrected chi connectivity index (χ0v) is 6.91. The molecule has 0 radical (unpaired) electrons. The second kappa shape index (κ2) is 3.87. The second-order valence-electron chi connectivity index (χ2n) is 1.33. The lowest BCUT2D eigenvalue weighted by molar-refractivity contribution is 0.393. The van der Waals surface area contributed by atoms with Gasteiger partial charge < -0.3 is 10.3 Å². The van der Waals surface area contributed by atoms with Crippen LogP contribution in [0.3, 0.4) is 0 Å². The molecule has 0 unspecified atom stereocenters. The maximum absolute atomic E-state index is 5.22. The lowest BCUT2D eigenvalue weighted by atomic mass is 10.5. The molecule has 2 N–H and O–H groups in total. The maximum atomic E-state index is 5.22. The minimum absolute atomic E-state index is 0. The lowest BCUT2D eigenvalue weighted by Gasteiger charge is -1.75. The minimum atomic E-state index is 0. The van der Waals surface area contributed by atoms with E-state index in [2.05, 4.69) is 25.6 Å². The van der Waals surface area contributed by atoms with Crippen molar-refractivity contribution in [3.63, 3.8) is 0 Å². The molecule has 0 fully saturated rings. The maximum Gasteiger partial charge on any atom is 0.202 e. The van der Waals surface area contributed by atoms with Crippen LogP contribution in [0.15, 0.2) is 15.3 Å². The van der Waals surface area contributed by atoms with Gasteiger partial charge in [-0.3, -0.25) is 0 Å². The van der Waals surface area contributed by atoms with Gasteiger partial charge in [-0.25, -0.2) is 0 Å². The van der Waals surface area contributed by atoms with Crippen LogP contribution in [0.2, 0.25) is 0 Å². The van der Waals surface area contributed by atoms with Crippen LogP contribution in [0.4, 0.5) is 0 Å². The molecule has 0 amide bonds. The molecule has 0 aliphatic rings. The van der Waals surface area contributed by atoms with E-state index in [1.807, 2.05) is 0 Å². The number of aromatic nitrogens is 1. The summed E-state index contributed by atoms with van der Waals surface area (Å²) in [4.78, 5) is 0. The molecule has 0 aromatic carbocycles. The summed E-state index contributed by atoms with van der Waals surface area (Å²) in [5.41, 5.74) is 5.98. The highest BCUT2D eigenvalue weighted by atomic mass is 79.9. The molecular formula is C4H6BrClN2O. The third-order valence-electron chi connectivity index (χ3n) is 0.739. The standard InChI is InChI=1S/C4H5BrN2O.ClH/c5-4-1-3(2-6)7-8-4;/h1H,2,6H2;1H. The van der Waals surface area contributed by atoms with Crippen LogP contribution in [-0.2, 0) is 6.54 Å². The predicted octanol–water partition coefficient (Wildman–Crippen LogP) is 1.32. The van der Waals surface area contributed by atoms with E-state index in [4.69, 9.17) is 5.73 Å². The monoisotopic (exact) mass is 212 g/mol. The van der Waals surface area contributed by atoms with Crippen molar-refractivity contribution < 1.29 is 4.52 Å². The molecule has 0 aliphatic carbocycles. The first-order valence-corrected chi connectivity index (χ1v) is 2.93. The highest BCUT2D eigenvalue weighted by Gasteiger charge is 1.95. The molecule has 52 valence electrons. The van der Waals surface area contributed by atoms with Crippen LogP contribution in [0, 0.1) is 0 Å². The Morgan fingerprint density at radius 2 is 2.44 bits per heavy atom. The van der Waals surface area contributed by atoms with Crippen molar-refractivity contribution in [2.24, 2.45) is 5.73 Å². The molecule has 1 aromatic rings. The molecule has 0 spiro atoms. The molecule has 1 rings (SSSR count). The first-order valence-electron chi connectivity index (χ1n) is 2.14.